The van der Waals surface area contributed by atoms with Crippen LogP contribution in [0.4, 0.5) is 17.3 Å². The molecule has 1 aromatic carbocycles. The molecule has 0 amide bonds. The summed E-state index contributed by atoms with van der Waals surface area (Å²) >= 11 is 0. The maximum absolute atomic E-state index is 4.40. The van der Waals surface area contributed by atoms with E-state index in [-0.39, 0.29) is 0 Å². The fourth-order valence-electron chi connectivity index (χ4n) is 2.46. The van der Waals surface area contributed by atoms with Gasteiger partial charge in [0.15, 0.2) is 0 Å². The predicted molar refractivity (Wildman–Crippen MR) is 78.0 cm³/mol. The molecule has 0 fully saturated rings. The van der Waals surface area contributed by atoms with E-state index >= 15 is 0 Å². The van der Waals surface area contributed by atoms with Crippen LogP contribution < -0.4 is 10.6 Å². The van der Waals surface area contributed by atoms with Gasteiger partial charge in [-0.05, 0) is 56.5 Å². The summed E-state index contributed by atoms with van der Waals surface area (Å²) in [6.45, 7) is 5.03. The van der Waals surface area contributed by atoms with Gasteiger partial charge >= 0.3 is 0 Å². The van der Waals surface area contributed by atoms with Crippen molar-refractivity contribution in [2.45, 2.75) is 26.7 Å². The first kappa shape index (κ1) is 12.0. The number of hydrogen-bond donors (Lipinski definition) is 2. The molecule has 0 spiro atoms. The van der Waals surface area contributed by atoms with Crippen molar-refractivity contribution in [1.82, 2.24) is 9.97 Å². The Balaban J connectivity index is 1.86. The van der Waals surface area contributed by atoms with Gasteiger partial charge in [-0.3, -0.25) is 0 Å². The fraction of sp³-hybridized carbons (Fsp3) is 0.333. The third-order valence-corrected chi connectivity index (χ3v) is 3.28. The van der Waals surface area contributed by atoms with Gasteiger partial charge in [0, 0.05) is 29.3 Å². The molecule has 0 aliphatic carbocycles. The van der Waals surface area contributed by atoms with E-state index in [1.165, 1.54) is 17.7 Å². The van der Waals surface area contributed by atoms with E-state index in [9.17, 15) is 0 Å². The second-order valence-corrected chi connectivity index (χ2v) is 5.00. The minimum absolute atomic E-state index is 0.668. The van der Waals surface area contributed by atoms with Crippen molar-refractivity contribution in [3.8, 4) is 0 Å². The van der Waals surface area contributed by atoms with E-state index in [0.717, 1.165) is 30.0 Å². The molecule has 1 aliphatic rings. The Hall–Kier alpha value is -2.10. The summed E-state index contributed by atoms with van der Waals surface area (Å²) in [6.07, 6.45) is 2.32. The Labute approximate surface area is 113 Å². The van der Waals surface area contributed by atoms with Crippen molar-refractivity contribution >= 4 is 17.3 Å². The predicted octanol–water partition coefficient (Wildman–Crippen LogP) is 3.20. The van der Waals surface area contributed by atoms with Gasteiger partial charge in [0.05, 0.1) is 0 Å². The lowest BCUT2D eigenvalue weighted by Gasteiger charge is -2.18. The van der Waals surface area contributed by atoms with Crippen molar-refractivity contribution < 1.29 is 0 Å². The van der Waals surface area contributed by atoms with Crippen LogP contribution in [0.5, 0.6) is 0 Å². The monoisotopic (exact) mass is 254 g/mol. The molecule has 4 nitrogen and oxygen atoms in total. The van der Waals surface area contributed by atoms with Gasteiger partial charge < -0.3 is 10.6 Å². The van der Waals surface area contributed by atoms with Crippen LogP contribution >= 0.6 is 0 Å². The Morgan fingerprint density at radius 1 is 1.11 bits per heavy atom. The lowest BCUT2D eigenvalue weighted by atomic mass is 10.0. The van der Waals surface area contributed by atoms with Gasteiger partial charge in [-0.1, -0.05) is 0 Å². The molecule has 4 heteroatoms. The Bertz CT molecular complexity index is 587. The highest BCUT2D eigenvalue weighted by molar-refractivity contribution is 5.63. The number of nitrogens with zero attached hydrogens (tertiary/aromatic N) is 2. The molecular formula is C15H18N4. The van der Waals surface area contributed by atoms with Crippen LogP contribution in [0.15, 0.2) is 24.3 Å². The first-order valence-corrected chi connectivity index (χ1v) is 6.67. The number of aromatic nitrogens is 2. The molecule has 0 saturated heterocycles. The third kappa shape index (κ3) is 2.67. The molecule has 2 N–H and O–H groups in total. The van der Waals surface area contributed by atoms with Crippen LogP contribution in [-0.2, 0) is 6.42 Å². The molecule has 1 aromatic heterocycles. The molecule has 0 bridgehead atoms. The van der Waals surface area contributed by atoms with Gasteiger partial charge in [0.2, 0.25) is 5.95 Å². The highest BCUT2D eigenvalue weighted by Crippen LogP contribution is 2.26. The third-order valence-electron chi connectivity index (χ3n) is 3.28. The van der Waals surface area contributed by atoms with E-state index < -0.39 is 0 Å². The van der Waals surface area contributed by atoms with E-state index in [2.05, 4.69) is 38.8 Å². The minimum Gasteiger partial charge on any atom is -0.385 e. The van der Waals surface area contributed by atoms with Gasteiger partial charge in [0.25, 0.3) is 0 Å². The van der Waals surface area contributed by atoms with Crippen molar-refractivity contribution in [2.24, 2.45) is 0 Å². The molecule has 1 aliphatic heterocycles. The standard InChI is InChI=1S/C15H18N4/c1-10-8-11(2)18-15(17-10)19-13-5-6-14-12(9-13)4-3-7-16-14/h5-6,8-9,16H,3-4,7H2,1-2H3,(H,17,18,19). The largest absolute Gasteiger partial charge is 0.385 e. The van der Waals surface area contributed by atoms with Gasteiger partial charge in [-0.15, -0.1) is 0 Å². The molecule has 3 rings (SSSR count). The molecule has 2 heterocycles. The SMILES string of the molecule is Cc1cc(C)nc(Nc2ccc3c(c2)CCCN3)n1. The first-order chi connectivity index (χ1) is 9.20. The molecule has 2 aromatic rings. The fourth-order valence-corrected chi connectivity index (χ4v) is 2.46. The second kappa shape index (κ2) is 4.88. The quantitative estimate of drug-likeness (QED) is 0.864. The number of benzene rings is 1. The zero-order valence-corrected chi connectivity index (χ0v) is 11.3. The normalized spacial score (nSPS) is 13.6. The van der Waals surface area contributed by atoms with E-state index in [4.69, 9.17) is 0 Å². The highest BCUT2D eigenvalue weighted by Gasteiger charge is 2.09. The number of nitrogens with one attached hydrogen (secondary N) is 2. The zero-order chi connectivity index (χ0) is 13.2. The molecule has 19 heavy (non-hydrogen) atoms. The molecule has 0 atom stereocenters. The average molecular weight is 254 g/mol. The van der Waals surface area contributed by atoms with Crippen LogP contribution in [0.25, 0.3) is 0 Å². The Kier molecular flexibility index (Phi) is 3.07. The zero-order valence-electron chi connectivity index (χ0n) is 11.3. The lowest BCUT2D eigenvalue weighted by molar-refractivity contribution is 0.830. The molecular weight excluding hydrogens is 236 g/mol. The summed E-state index contributed by atoms with van der Waals surface area (Å²) in [5, 5.41) is 6.70. The lowest BCUT2D eigenvalue weighted by Crippen LogP contribution is -2.11. The van der Waals surface area contributed by atoms with Crippen molar-refractivity contribution in [3.05, 3.63) is 41.2 Å². The van der Waals surface area contributed by atoms with Crippen molar-refractivity contribution in [2.75, 3.05) is 17.2 Å². The van der Waals surface area contributed by atoms with Crippen LogP contribution in [0.3, 0.4) is 0 Å². The molecule has 0 saturated carbocycles. The van der Waals surface area contributed by atoms with Crippen LogP contribution in [0.1, 0.15) is 23.4 Å². The van der Waals surface area contributed by atoms with Crippen molar-refractivity contribution in [3.63, 3.8) is 0 Å². The van der Waals surface area contributed by atoms with Crippen molar-refractivity contribution in [1.29, 1.82) is 0 Å². The Morgan fingerprint density at radius 3 is 2.68 bits per heavy atom. The Morgan fingerprint density at radius 2 is 1.89 bits per heavy atom. The van der Waals surface area contributed by atoms with Gasteiger partial charge in [0.1, 0.15) is 0 Å². The summed E-state index contributed by atoms with van der Waals surface area (Å²) < 4.78 is 0. The summed E-state index contributed by atoms with van der Waals surface area (Å²) in [5.74, 6) is 0.668. The van der Waals surface area contributed by atoms with Crippen LogP contribution in [-0.4, -0.2) is 16.5 Å². The second-order valence-electron chi connectivity index (χ2n) is 5.00. The number of rotatable bonds is 2. The maximum atomic E-state index is 4.40. The number of anilines is 3. The number of hydrogen-bond acceptors (Lipinski definition) is 4. The number of aryl methyl sites for hydroxylation is 3. The summed E-state index contributed by atoms with van der Waals surface area (Å²) in [4.78, 5) is 8.81. The van der Waals surface area contributed by atoms with E-state index in [1.807, 2.05) is 19.9 Å². The first-order valence-electron chi connectivity index (χ1n) is 6.67. The summed E-state index contributed by atoms with van der Waals surface area (Å²) in [5.41, 5.74) is 5.62. The maximum Gasteiger partial charge on any atom is 0.227 e. The van der Waals surface area contributed by atoms with Gasteiger partial charge in [-0.25, -0.2) is 9.97 Å². The topological polar surface area (TPSA) is 49.8 Å². The van der Waals surface area contributed by atoms with Crippen LogP contribution in [0.2, 0.25) is 0 Å². The molecule has 0 unspecified atom stereocenters. The molecule has 0 radical (unpaired) electrons. The van der Waals surface area contributed by atoms with E-state index in [0.29, 0.717) is 5.95 Å². The minimum atomic E-state index is 0.668. The van der Waals surface area contributed by atoms with Gasteiger partial charge in [-0.2, -0.15) is 0 Å². The summed E-state index contributed by atoms with van der Waals surface area (Å²) in [6, 6.07) is 8.35. The molecule has 98 valence electrons. The highest BCUT2D eigenvalue weighted by atomic mass is 15.1. The number of fused-ring (bicyclic) bond motifs is 1. The summed E-state index contributed by atoms with van der Waals surface area (Å²) in [7, 11) is 0. The average Bonchev–Trinajstić information content (AvgIpc) is 2.37. The van der Waals surface area contributed by atoms with Crippen LogP contribution in [0, 0.1) is 13.8 Å². The van der Waals surface area contributed by atoms with E-state index in [1.54, 1.807) is 0 Å². The smallest absolute Gasteiger partial charge is 0.227 e.